The molecule has 0 aromatic heterocycles. The number of rotatable bonds is 11. The van der Waals surface area contributed by atoms with E-state index in [1.165, 1.54) is 0 Å². The monoisotopic (exact) mass is 292 g/mol. The van der Waals surface area contributed by atoms with E-state index in [-0.39, 0.29) is 12.8 Å². The largest absolute Gasteiger partial charge is 0.503 e. The summed E-state index contributed by atoms with van der Waals surface area (Å²) >= 11 is 0. The first-order chi connectivity index (χ1) is 9.36. The fourth-order valence-corrected chi connectivity index (χ4v) is 1.61. The van der Waals surface area contributed by atoms with E-state index in [0.29, 0.717) is 0 Å². The van der Waals surface area contributed by atoms with Crippen LogP contribution in [0.25, 0.3) is 0 Å². The summed E-state index contributed by atoms with van der Waals surface area (Å²) in [4.78, 5) is 29.0. The number of hydrogen-bond acceptors (Lipinski definition) is 3. The SMILES string of the molecule is O=C(O)CCCCCCCCCCC(=O)O.O=C(O)O. The molecule has 0 fully saturated rings. The van der Waals surface area contributed by atoms with Gasteiger partial charge in [-0.25, -0.2) is 4.79 Å². The van der Waals surface area contributed by atoms with Crippen LogP contribution in [-0.4, -0.2) is 38.5 Å². The standard InChI is InChI=1S/C12H22O4.CH2O3/c13-11(14)9-7-5-3-1-2-4-6-8-10-12(15)16;2-1(3)4/h1-10H2,(H,13,14)(H,15,16);(H2,2,3,4). The molecule has 0 aromatic rings. The van der Waals surface area contributed by atoms with Crippen molar-refractivity contribution in [2.45, 2.75) is 64.2 Å². The maximum Gasteiger partial charge on any atom is 0.503 e. The van der Waals surface area contributed by atoms with Gasteiger partial charge >= 0.3 is 18.1 Å². The highest BCUT2D eigenvalue weighted by Crippen LogP contribution is 2.10. The predicted molar refractivity (Wildman–Crippen MR) is 72.1 cm³/mol. The molecule has 0 aliphatic carbocycles. The van der Waals surface area contributed by atoms with E-state index in [0.717, 1.165) is 51.4 Å². The normalized spacial score (nSPS) is 9.40. The summed E-state index contributed by atoms with van der Waals surface area (Å²) in [5, 5.41) is 30.8. The van der Waals surface area contributed by atoms with Crippen molar-refractivity contribution in [3.63, 3.8) is 0 Å². The van der Waals surface area contributed by atoms with Crippen molar-refractivity contribution in [1.82, 2.24) is 0 Å². The lowest BCUT2D eigenvalue weighted by Crippen LogP contribution is -1.94. The van der Waals surface area contributed by atoms with Gasteiger partial charge in [-0.3, -0.25) is 9.59 Å². The maximum atomic E-state index is 10.2. The Morgan fingerprint density at radius 2 is 0.700 bits per heavy atom. The van der Waals surface area contributed by atoms with Crippen molar-refractivity contribution in [1.29, 1.82) is 0 Å². The third-order valence-corrected chi connectivity index (χ3v) is 2.53. The van der Waals surface area contributed by atoms with Crippen LogP contribution in [0.1, 0.15) is 64.2 Å². The van der Waals surface area contributed by atoms with Gasteiger partial charge in [0.15, 0.2) is 0 Å². The zero-order valence-electron chi connectivity index (χ0n) is 11.6. The molecular weight excluding hydrogens is 268 g/mol. The fraction of sp³-hybridized carbons (Fsp3) is 0.769. The Morgan fingerprint density at radius 1 is 0.500 bits per heavy atom. The van der Waals surface area contributed by atoms with Crippen LogP contribution in [-0.2, 0) is 9.59 Å². The van der Waals surface area contributed by atoms with E-state index in [1.807, 2.05) is 0 Å². The van der Waals surface area contributed by atoms with E-state index >= 15 is 0 Å². The van der Waals surface area contributed by atoms with Gasteiger partial charge in [-0.15, -0.1) is 0 Å². The average Bonchev–Trinajstić information content (AvgIpc) is 2.30. The highest BCUT2D eigenvalue weighted by molar-refractivity contribution is 5.66. The van der Waals surface area contributed by atoms with Crippen LogP contribution in [0.2, 0.25) is 0 Å². The van der Waals surface area contributed by atoms with Gasteiger partial charge in [0.25, 0.3) is 0 Å². The molecule has 0 saturated heterocycles. The maximum absolute atomic E-state index is 10.2. The number of hydrogen-bond donors (Lipinski definition) is 4. The molecule has 0 aliphatic rings. The molecule has 20 heavy (non-hydrogen) atoms. The Hall–Kier alpha value is -1.79. The molecule has 0 unspecified atom stereocenters. The second-order valence-corrected chi connectivity index (χ2v) is 4.40. The summed E-state index contributed by atoms with van der Waals surface area (Å²) in [5.74, 6) is -1.43. The van der Waals surface area contributed by atoms with Crippen LogP contribution in [0.15, 0.2) is 0 Å². The van der Waals surface area contributed by atoms with Crippen molar-refractivity contribution in [2.75, 3.05) is 0 Å². The minimum Gasteiger partial charge on any atom is -0.481 e. The highest BCUT2D eigenvalue weighted by Gasteiger charge is 1.98. The molecule has 4 N–H and O–H groups in total. The van der Waals surface area contributed by atoms with Gasteiger partial charge in [0.05, 0.1) is 0 Å². The summed E-state index contributed by atoms with van der Waals surface area (Å²) in [6.45, 7) is 0. The summed E-state index contributed by atoms with van der Waals surface area (Å²) in [6, 6.07) is 0. The minimum absolute atomic E-state index is 0.276. The van der Waals surface area contributed by atoms with E-state index in [2.05, 4.69) is 0 Å². The van der Waals surface area contributed by atoms with Crippen LogP contribution in [0.5, 0.6) is 0 Å². The van der Waals surface area contributed by atoms with Gasteiger partial charge in [-0.1, -0.05) is 38.5 Å². The van der Waals surface area contributed by atoms with Crippen LogP contribution in [0.4, 0.5) is 4.79 Å². The Kier molecular flexibility index (Phi) is 15.7. The van der Waals surface area contributed by atoms with Crippen molar-refractivity contribution in [3.8, 4) is 0 Å². The molecule has 0 spiro atoms. The fourth-order valence-electron chi connectivity index (χ4n) is 1.61. The quantitative estimate of drug-likeness (QED) is 0.429. The molecule has 0 heterocycles. The van der Waals surface area contributed by atoms with Gasteiger partial charge in [-0.05, 0) is 12.8 Å². The molecule has 7 heteroatoms. The van der Waals surface area contributed by atoms with E-state index < -0.39 is 18.1 Å². The van der Waals surface area contributed by atoms with Crippen molar-refractivity contribution in [2.24, 2.45) is 0 Å². The summed E-state index contributed by atoms with van der Waals surface area (Å²) in [7, 11) is 0. The summed E-state index contributed by atoms with van der Waals surface area (Å²) in [5.41, 5.74) is 0. The average molecular weight is 292 g/mol. The molecular formula is C13H24O7. The molecule has 0 aromatic carbocycles. The number of aliphatic carboxylic acids is 2. The molecule has 0 radical (unpaired) electrons. The molecule has 0 aliphatic heterocycles. The Balaban J connectivity index is 0. The van der Waals surface area contributed by atoms with Crippen molar-refractivity contribution >= 4 is 18.1 Å². The second kappa shape index (κ2) is 15.3. The molecule has 0 amide bonds. The van der Waals surface area contributed by atoms with Crippen LogP contribution < -0.4 is 0 Å². The topological polar surface area (TPSA) is 132 Å². The smallest absolute Gasteiger partial charge is 0.481 e. The Bertz CT molecular complexity index is 250. The van der Waals surface area contributed by atoms with E-state index in [1.54, 1.807) is 0 Å². The molecule has 0 atom stereocenters. The predicted octanol–water partition coefficient (Wildman–Crippen LogP) is 3.28. The molecule has 0 rings (SSSR count). The molecule has 0 bridgehead atoms. The second-order valence-electron chi connectivity index (χ2n) is 4.40. The van der Waals surface area contributed by atoms with Gasteiger partial charge in [0.2, 0.25) is 0 Å². The Morgan fingerprint density at radius 3 is 0.900 bits per heavy atom. The molecule has 0 saturated carbocycles. The van der Waals surface area contributed by atoms with Crippen LogP contribution in [0, 0.1) is 0 Å². The zero-order chi connectivity index (χ0) is 15.8. The van der Waals surface area contributed by atoms with Gasteiger partial charge < -0.3 is 20.4 Å². The zero-order valence-corrected chi connectivity index (χ0v) is 11.6. The molecule has 7 nitrogen and oxygen atoms in total. The third kappa shape index (κ3) is 29.8. The lowest BCUT2D eigenvalue weighted by atomic mass is 10.1. The highest BCUT2D eigenvalue weighted by atomic mass is 16.6. The first-order valence-corrected chi connectivity index (χ1v) is 6.71. The third-order valence-electron chi connectivity index (χ3n) is 2.53. The first kappa shape index (κ1) is 20.5. The van der Waals surface area contributed by atoms with Gasteiger partial charge in [0, 0.05) is 12.8 Å². The lowest BCUT2D eigenvalue weighted by Gasteiger charge is -2.00. The lowest BCUT2D eigenvalue weighted by molar-refractivity contribution is -0.138. The minimum atomic E-state index is -1.83. The number of unbranched alkanes of at least 4 members (excludes halogenated alkanes) is 7. The Labute approximate surface area is 118 Å². The summed E-state index contributed by atoms with van der Waals surface area (Å²) in [6.07, 6.45) is 6.68. The number of carboxylic acid groups (broad SMARTS) is 4. The van der Waals surface area contributed by atoms with E-state index in [4.69, 9.17) is 25.2 Å². The number of carboxylic acids is 2. The van der Waals surface area contributed by atoms with Crippen LogP contribution in [0.3, 0.4) is 0 Å². The molecule has 118 valence electrons. The summed E-state index contributed by atoms with van der Waals surface area (Å²) < 4.78 is 0. The van der Waals surface area contributed by atoms with Gasteiger partial charge in [-0.2, -0.15) is 0 Å². The van der Waals surface area contributed by atoms with Crippen molar-refractivity contribution in [3.05, 3.63) is 0 Å². The van der Waals surface area contributed by atoms with Crippen molar-refractivity contribution < 1.29 is 34.8 Å². The first-order valence-electron chi connectivity index (χ1n) is 6.71. The van der Waals surface area contributed by atoms with Gasteiger partial charge in [0.1, 0.15) is 0 Å². The van der Waals surface area contributed by atoms with Crippen LogP contribution >= 0.6 is 0 Å². The van der Waals surface area contributed by atoms with E-state index in [9.17, 15) is 9.59 Å². The number of carbonyl (C=O) groups is 3.